The minimum atomic E-state index is -0.850. The number of urea groups is 1. The van der Waals surface area contributed by atoms with E-state index in [0.29, 0.717) is 44.7 Å². The Hall–Kier alpha value is -3.71. The molecular formula is C27H28N4O3. The molecule has 7 nitrogen and oxygen atoms in total. The zero-order valence-corrected chi connectivity index (χ0v) is 19.0. The molecule has 174 valence electrons. The lowest BCUT2D eigenvalue weighted by molar-refractivity contribution is -0.136. The van der Waals surface area contributed by atoms with Crippen molar-refractivity contribution < 1.29 is 14.7 Å². The van der Waals surface area contributed by atoms with Gasteiger partial charge < -0.3 is 10.0 Å². The third-order valence-corrected chi connectivity index (χ3v) is 6.85. The molecule has 2 aromatic carbocycles. The van der Waals surface area contributed by atoms with Crippen molar-refractivity contribution in [1.82, 2.24) is 19.7 Å². The van der Waals surface area contributed by atoms with E-state index < -0.39 is 5.54 Å². The number of carbonyl (C=O) groups is 2. The van der Waals surface area contributed by atoms with E-state index in [1.165, 1.54) is 4.90 Å². The largest absolute Gasteiger partial charge is 0.508 e. The maximum absolute atomic E-state index is 13.8. The van der Waals surface area contributed by atoms with Crippen molar-refractivity contribution in [1.29, 1.82) is 0 Å². The van der Waals surface area contributed by atoms with Gasteiger partial charge in [-0.3, -0.25) is 19.6 Å². The number of aromatic nitrogens is 1. The van der Waals surface area contributed by atoms with Crippen LogP contribution in [0.15, 0.2) is 79.0 Å². The summed E-state index contributed by atoms with van der Waals surface area (Å²) >= 11 is 0. The summed E-state index contributed by atoms with van der Waals surface area (Å²) in [6, 6.07) is 22.4. The molecule has 2 fully saturated rings. The number of phenols is 1. The normalized spacial score (nSPS) is 18.1. The zero-order valence-electron chi connectivity index (χ0n) is 19.0. The number of piperidine rings is 1. The summed E-state index contributed by atoms with van der Waals surface area (Å²) < 4.78 is 0. The number of phenolic OH excluding ortho intramolecular Hbond substituents is 1. The second-order valence-electron chi connectivity index (χ2n) is 9.04. The van der Waals surface area contributed by atoms with Crippen molar-refractivity contribution in [2.45, 2.75) is 38.0 Å². The van der Waals surface area contributed by atoms with Crippen LogP contribution in [0.5, 0.6) is 5.75 Å². The first-order valence-corrected chi connectivity index (χ1v) is 11.6. The number of pyridine rings is 1. The monoisotopic (exact) mass is 456 g/mol. The number of aromatic hydroxyl groups is 1. The van der Waals surface area contributed by atoms with Gasteiger partial charge in [0.05, 0.1) is 12.2 Å². The number of carbonyl (C=O) groups excluding carboxylic acids is 2. The maximum Gasteiger partial charge on any atom is 0.328 e. The van der Waals surface area contributed by atoms with E-state index in [0.717, 1.165) is 11.1 Å². The Balaban J connectivity index is 1.38. The Morgan fingerprint density at radius 2 is 1.56 bits per heavy atom. The molecule has 2 aliphatic rings. The van der Waals surface area contributed by atoms with Crippen LogP contribution in [0, 0.1) is 0 Å². The van der Waals surface area contributed by atoms with Gasteiger partial charge in [0, 0.05) is 32.4 Å². The van der Waals surface area contributed by atoms with Crippen LogP contribution in [-0.4, -0.2) is 55.4 Å². The van der Waals surface area contributed by atoms with Gasteiger partial charge in [-0.2, -0.15) is 0 Å². The van der Waals surface area contributed by atoms with E-state index in [9.17, 15) is 14.7 Å². The Bertz CT molecular complexity index is 1160. The summed E-state index contributed by atoms with van der Waals surface area (Å²) in [6.07, 6.45) is 2.82. The van der Waals surface area contributed by atoms with Gasteiger partial charge in [0.2, 0.25) is 0 Å². The van der Waals surface area contributed by atoms with E-state index in [2.05, 4.69) is 9.88 Å². The number of likely N-dealkylation sites (tertiary alicyclic amines) is 1. The highest BCUT2D eigenvalue weighted by atomic mass is 16.3. The molecule has 0 bridgehead atoms. The van der Waals surface area contributed by atoms with Gasteiger partial charge >= 0.3 is 6.03 Å². The fraction of sp³-hybridized carbons (Fsp3) is 0.296. The third kappa shape index (κ3) is 4.26. The smallest absolute Gasteiger partial charge is 0.328 e. The van der Waals surface area contributed by atoms with Crippen molar-refractivity contribution in [2.24, 2.45) is 0 Å². The van der Waals surface area contributed by atoms with E-state index in [1.54, 1.807) is 23.2 Å². The van der Waals surface area contributed by atoms with Crippen LogP contribution in [0.4, 0.5) is 4.79 Å². The van der Waals surface area contributed by atoms with Crippen molar-refractivity contribution >= 4 is 11.9 Å². The van der Waals surface area contributed by atoms with Gasteiger partial charge in [-0.25, -0.2) is 4.79 Å². The molecule has 3 aromatic rings. The first-order chi connectivity index (χ1) is 16.5. The molecule has 1 aromatic heterocycles. The number of imide groups is 1. The Kier molecular flexibility index (Phi) is 6.02. The minimum absolute atomic E-state index is 0.129. The highest BCUT2D eigenvalue weighted by molar-refractivity contribution is 6.07. The predicted molar refractivity (Wildman–Crippen MR) is 128 cm³/mol. The molecule has 0 atom stereocenters. The molecule has 3 heterocycles. The van der Waals surface area contributed by atoms with Crippen LogP contribution >= 0.6 is 0 Å². The predicted octanol–water partition coefficient (Wildman–Crippen LogP) is 3.79. The van der Waals surface area contributed by atoms with Crippen molar-refractivity contribution in [3.63, 3.8) is 0 Å². The number of benzene rings is 2. The maximum atomic E-state index is 13.8. The number of amides is 3. The van der Waals surface area contributed by atoms with Gasteiger partial charge in [0.1, 0.15) is 11.3 Å². The molecule has 0 aliphatic carbocycles. The van der Waals surface area contributed by atoms with Gasteiger partial charge in [-0.1, -0.05) is 48.5 Å². The Morgan fingerprint density at radius 3 is 2.26 bits per heavy atom. The molecule has 34 heavy (non-hydrogen) atoms. The zero-order chi connectivity index (χ0) is 23.5. The molecule has 0 unspecified atom stereocenters. The van der Waals surface area contributed by atoms with Gasteiger partial charge in [-0.15, -0.1) is 0 Å². The topological polar surface area (TPSA) is 77.0 Å². The molecule has 1 spiro atoms. The lowest BCUT2D eigenvalue weighted by Crippen LogP contribution is -2.56. The lowest BCUT2D eigenvalue weighted by Gasteiger charge is -2.42. The summed E-state index contributed by atoms with van der Waals surface area (Å²) in [4.78, 5) is 37.1. The van der Waals surface area contributed by atoms with Crippen LogP contribution < -0.4 is 0 Å². The van der Waals surface area contributed by atoms with E-state index in [4.69, 9.17) is 0 Å². The summed E-state index contributed by atoms with van der Waals surface area (Å²) in [5.41, 5.74) is 1.88. The highest BCUT2D eigenvalue weighted by Crippen LogP contribution is 2.39. The summed E-state index contributed by atoms with van der Waals surface area (Å²) in [5, 5.41) is 9.78. The molecule has 5 rings (SSSR count). The molecule has 1 N–H and O–H groups in total. The fourth-order valence-electron chi connectivity index (χ4n) is 5.04. The molecule has 0 radical (unpaired) electrons. The Morgan fingerprint density at radius 1 is 0.824 bits per heavy atom. The average Bonchev–Trinajstić information content (AvgIpc) is 3.03. The van der Waals surface area contributed by atoms with Gasteiger partial charge in [-0.05, 0) is 48.2 Å². The van der Waals surface area contributed by atoms with Crippen LogP contribution in [0.2, 0.25) is 0 Å². The van der Waals surface area contributed by atoms with Crippen molar-refractivity contribution in [3.8, 4) is 5.75 Å². The second-order valence-corrected chi connectivity index (χ2v) is 9.04. The highest BCUT2D eigenvalue weighted by Gasteiger charge is 2.57. The molecule has 3 amide bonds. The van der Waals surface area contributed by atoms with E-state index >= 15 is 0 Å². The van der Waals surface area contributed by atoms with E-state index in [-0.39, 0.29) is 24.2 Å². The van der Waals surface area contributed by atoms with Crippen LogP contribution in [-0.2, 0) is 24.4 Å². The fourth-order valence-corrected chi connectivity index (χ4v) is 5.04. The minimum Gasteiger partial charge on any atom is -0.508 e. The lowest BCUT2D eigenvalue weighted by atomic mass is 9.85. The van der Waals surface area contributed by atoms with Crippen molar-refractivity contribution in [2.75, 3.05) is 13.1 Å². The first-order valence-electron chi connectivity index (χ1n) is 11.6. The van der Waals surface area contributed by atoms with Crippen LogP contribution in [0.3, 0.4) is 0 Å². The van der Waals surface area contributed by atoms with Crippen molar-refractivity contribution in [3.05, 3.63) is 95.8 Å². The third-order valence-electron chi connectivity index (χ3n) is 6.85. The molecule has 2 aliphatic heterocycles. The SMILES string of the molecule is O=C1N(Cc2ccccn2)C(=O)C2(CCN(Cc3cccc(O)c3)CC2)N1Cc1ccccc1. The summed E-state index contributed by atoms with van der Waals surface area (Å²) in [6.45, 7) is 2.66. The Labute approximate surface area is 199 Å². The van der Waals surface area contributed by atoms with Crippen LogP contribution in [0.1, 0.15) is 29.7 Å². The van der Waals surface area contributed by atoms with Crippen LogP contribution in [0.25, 0.3) is 0 Å². The van der Waals surface area contributed by atoms with Gasteiger partial charge in [0.25, 0.3) is 5.91 Å². The van der Waals surface area contributed by atoms with E-state index in [1.807, 2.05) is 60.7 Å². The average molecular weight is 457 g/mol. The molecule has 2 saturated heterocycles. The first kappa shape index (κ1) is 22.1. The number of rotatable bonds is 6. The number of nitrogens with zero attached hydrogens (tertiary/aromatic N) is 4. The molecule has 7 heteroatoms. The molecular weight excluding hydrogens is 428 g/mol. The summed E-state index contributed by atoms with van der Waals surface area (Å²) in [5.74, 6) is 0.123. The quantitative estimate of drug-likeness (QED) is 0.571. The number of hydrogen-bond donors (Lipinski definition) is 1. The standard InChI is InChI=1S/C27H28N4O3/c32-24-11-6-9-22(17-24)18-29-15-12-27(13-16-29)25(33)30(20-23-10-4-5-14-28-23)26(34)31(27)19-21-7-2-1-3-8-21/h1-11,14,17,32H,12-13,15-16,18-20H2. The second kappa shape index (κ2) is 9.27. The van der Waals surface area contributed by atoms with Gasteiger partial charge in [0.15, 0.2) is 0 Å². The molecule has 0 saturated carbocycles. The summed E-state index contributed by atoms with van der Waals surface area (Å²) in [7, 11) is 0. The number of hydrogen-bond acceptors (Lipinski definition) is 5.